The summed E-state index contributed by atoms with van der Waals surface area (Å²) < 4.78 is 14.6. The van der Waals surface area contributed by atoms with Gasteiger partial charge in [-0.15, -0.1) is 0 Å². The summed E-state index contributed by atoms with van der Waals surface area (Å²) in [5.41, 5.74) is 3.10. The number of nitrogens with zero attached hydrogens (tertiary/aromatic N) is 3. The van der Waals surface area contributed by atoms with Crippen LogP contribution < -0.4 is 0 Å². The molecule has 4 nitrogen and oxygen atoms in total. The zero-order valence-corrected chi connectivity index (χ0v) is 15.9. The first-order valence-electron chi connectivity index (χ1n) is 8.85. The molecular weight excluding hydrogens is 351 g/mol. The molecule has 1 aliphatic rings. The third-order valence-corrected chi connectivity index (χ3v) is 5.23. The van der Waals surface area contributed by atoms with E-state index in [1.807, 2.05) is 6.07 Å². The Morgan fingerprint density at radius 3 is 2.65 bits per heavy atom. The number of fused-ring (bicyclic) bond motifs is 3. The third-order valence-electron chi connectivity index (χ3n) is 5.03. The van der Waals surface area contributed by atoms with Gasteiger partial charge in [-0.2, -0.15) is 0 Å². The fraction of sp³-hybridized carbons (Fsp3) is 0.400. The second-order valence-corrected chi connectivity index (χ2v) is 8.03. The maximum Gasteiger partial charge on any atom is 0.222 e. The van der Waals surface area contributed by atoms with Crippen LogP contribution in [-0.2, 0) is 6.42 Å². The fourth-order valence-corrected chi connectivity index (χ4v) is 4.11. The van der Waals surface area contributed by atoms with Crippen molar-refractivity contribution in [2.75, 3.05) is 6.54 Å². The maximum atomic E-state index is 14.6. The van der Waals surface area contributed by atoms with Gasteiger partial charge in [-0.25, -0.2) is 14.4 Å². The molecule has 136 valence electrons. The summed E-state index contributed by atoms with van der Waals surface area (Å²) in [6.45, 7) is 5.72. The molecule has 3 aromatic rings. The molecule has 0 saturated heterocycles. The minimum atomic E-state index is -1.30. The average Bonchev–Trinajstić information content (AvgIpc) is 2.94. The Morgan fingerprint density at radius 1 is 1.27 bits per heavy atom. The van der Waals surface area contributed by atoms with Gasteiger partial charge in [0.1, 0.15) is 5.67 Å². The van der Waals surface area contributed by atoms with Crippen LogP contribution in [0.15, 0.2) is 36.7 Å². The Kier molecular flexibility index (Phi) is 4.24. The van der Waals surface area contributed by atoms with Gasteiger partial charge in [0.05, 0.1) is 6.04 Å². The van der Waals surface area contributed by atoms with Gasteiger partial charge in [0.25, 0.3) is 0 Å². The number of para-hydroxylation sites is 1. The summed E-state index contributed by atoms with van der Waals surface area (Å²) in [5, 5.41) is 1.44. The van der Waals surface area contributed by atoms with Crippen LogP contribution in [0.25, 0.3) is 10.9 Å². The Balaban J connectivity index is 1.90. The molecule has 6 heteroatoms. The minimum Gasteiger partial charge on any atom is -0.357 e. The van der Waals surface area contributed by atoms with Crippen molar-refractivity contribution < 1.29 is 4.39 Å². The van der Waals surface area contributed by atoms with Crippen molar-refractivity contribution in [3.8, 4) is 0 Å². The van der Waals surface area contributed by atoms with E-state index in [2.05, 4.69) is 45.0 Å². The van der Waals surface area contributed by atoms with Crippen molar-refractivity contribution in [2.45, 2.75) is 44.9 Å². The molecule has 1 aliphatic heterocycles. The number of rotatable bonds is 3. The molecule has 26 heavy (non-hydrogen) atoms. The van der Waals surface area contributed by atoms with Gasteiger partial charge in [-0.05, 0) is 50.4 Å². The first-order chi connectivity index (χ1) is 12.3. The Bertz CT molecular complexity index is 929. The van der Waals surface area contributed by atoms with Gasteiger partial charge < -0.3 is 4.98 Å². The van der Waals surface area contributed by atoms with Crippen molar-refractivity contribution in [3.63, 3.8) is 0 Å². The molecule has 0 bridgehead atoms. The molecule has 0 radical (unpaired) electrons. The van der Waals surface area contributed by atoms with E-state index < -0.39 is 5.67 Å². The lowest BCUT2D eigenvalue weighted by Crippen LogP contribution is -2.47. The molecule has 0 aliphatic carbocycles. The van der Waals surface area contributed by atoms with Gasteiger partial charge in [-0.3, -0.25) is 4.90 Å². The highest BCUT2D eigenvalue weighted by atomic mass is 35.5. The van der Waals surface area contributed by atoms with E-state index >= 15 is 0 Å². The lowest BCUT2D eigenvalue weighted by molar-refractivity contribution is 0.0665. The van der Waals surface area contributed by atoms with Crippen molar-refractivity contribution in [3.05, 3.63) is 58.8 Å². The van der Waals surface area contributed by atoms with Gasteiger partial charge in [-0.1, -0.05) is 18.2 Å². The highest BCUT2D eigenvalue weighted by Crippen LogP contribution is 2.41. The van der Waals surface area contributed by atoms with Crippen LogP contribution in [0.5, 0.6) is 0 Å². The number of hydrogen-bond donors (Lipinski definition) is 1. The van der Waals surface area contributed by atoms with E-state index in [9.17, 15) is 4.39 Å². The van der Waals surface area contributed by atoms with Gasteiger partial charge in [0.15, 0.2) is 0 Å². The molecule has 1 N–H and O–H groups in total. The molecule has 0 saturated carbocycles. The number of aromatic amines is 1. The zero-order chi connectivity index (χ0) is 18.5. The first kappa shape index (κ1) is 17.4. The molecule has 2 aromatic heterocycles. The van der Waals surface area contributed by atoms with Crippen LogP contribution in [0.4, 0.5) is 4.39 Å². The molecule has 3 heterocycles. The smallest absolute Gasteiger partial charge is 0.222 e. The lowest BCUT2D eigenvalue weighted by Gasteiger charge is -2.42. The van der Waals surface area contributed by atoms with Crippen LogP contribution in [0, 0.1) is 0 Å². The van der Waals surface area contributed by atoms with Gasteiger partial charge >= 0.3 is 0 Å². The normalized spacial score (nSPS) is 21.1. The zero-order valence-electron chi connectivity index (χ0n) is 15.1. The molecule has 0 spiro atoms. The van der Waals surface area contributed by atoms with Crippen molar-refractivity contribution >= 4 is 22.5 Å². The molecule has 2 atom stereocenters. The van der Waals surface area contributed by atoms with E-state index in [0.29, 0.717) is 6.54 Å². The number of alkyl halides is 1. The van der Waals surface area contributed by atoms with Crippen LogP contribution in [0.3, 0.4) is 0 Å². The highest BCUT2D eigenvalue weighted by molar-refractivity contribution is 6.28. The SMILES string of the molecule is C[C@@H]1Cc2c([nH]c3ccccc23)[C@@H](c2cnc(Cl)nc2)N1CC(C)(C)F. The molecule has 0 fully saturated rings. The second kappa shape index (κ2) is 6.32. The van der Waals surface area contributed by atoms with Crippen LogP contribution >= 0.6 is 11.6 Å². The van der Waals surface area contributed by atoms with E-state index in [1.54, 1.807) is 26.2 Å². The second-order valence-electron chi connectivity index (χ2n) is 7.69. The third kappa shape index (κ3) is 3.10. The van der Waals surface area contributed by atoms with Gasteiger partial charge in [0, 0.05) is 47.1 Å². The summed E-state index contributed by atoms with van der Waals surface area (Å²) in [6, 6.07) is 8.36. The predicted octanol–water partition coefficient (Wildman–Crippen LogP) is 4.70. The topological polar surface area (TPSA) is 44.8 Å². The summed E-state index contributed by atoms with van der Waals surface area (Å²) in [6.07, 6.45) is 4.36. The monoisotopic (exact) mass is 372 g/mol. The highest BCUT2D eigenvalue weighted by Gasteiger charge is 2.38. The maximum absolute atomic E-state index is 14.6. The molecule has 1 aromatic carbocycles. The van der Waals surface area contributed by atoms with Crippen molar-refractivity contribution in [1.82, 2.24) is 19.9 Å². The summed E-state index contributed by atoms with van der Waals surface area (Å²) in [4.78, 5) is 14.1. The largest absolute Gasteiger partial charge is 0.357 e. The van der Waals surface area contributed by atoms with Crippen molar-refractivity contribution in [1.29, 1.82) is 0 Å². The number of benzene rings is 1. The summed E-state index contributed by atoms with van der Waals surface area (Å²) in [5.74, 6) is 0. The van der Waals surface area contributed by atoms with E-state index in [-0.39, 0.29) is 17.4 Å². The summed E-state index contributed by atoms with van der Waals surface area (Å²) in [7, 11) is 0. The first-order valence-corrected chi connectivity index (χ1v) is 9.23. The molecule has 0 amide bonds. The lowest BCUT2D eigenvalue weighted by atomic mass is 9.88. The van der Waals surface area contributed by atoms with Crippen LogP contribution in [0.2, 0.25) is 5.28 Å². The summed E-state index contributed by atoms with van der Waals surface area (Å²) >= 11 is 5.88. The van der Waals surface area contributed by atoms with Gasteiger partial charge in [0.2, 0.25) is 5.28 Å². The Labute approximate surface area is 157 Å². The Hall–Kier alpha value is -1.98. The van der Waals surface area contributed by atoms with E-state index in [0.717, 1.165) is 23.2 Å². The van der Waals surface area contributed by atoms with Crippen LogP contribution in [0.1, 0.15) is 43.6 Å². The predicted molar refractivity (Wildman–Crippen MR) is 102 cm³/mol. The van der Waals surface area contributed by atoms with Crippen LogP contribution in [-0.4, -0.2) is 38.1 Å². The molecule has 0 unspecified atom stereocenters. The fourth-order valence-electron chi connectivity index (χ4n) is 4.01. The van der Waals surface area contributed by atoms with Crippen molar-refractivity contribution in [2.24, 2.45) is 0 Å². The average molecular weight is 373 g/mol. The number of halogens is 2. The number of aromatic nitrogens is 3. The van der Waals surface area contributed by atoms with E-state index in [1.165, 1.54) is 10.9 Å². The number of hydrogen-bond acceptors (Lipinski definition) is 3. The standard InChI is InChI=1S/C20H22ClFN4/c1-12-8-15-14-6-4-5-7-16(14)25-17(15)18(26(12)11-20(2,3)22)13-9-23-19(21)24-10-13/h4-7,9-10,12,18,25H,8,11H2,1-3H3/t12-,18-/m1/s1. The van der Waals surface area contributed by atoms with E-state index in [4.69, 9.17) is 11.6 Å². The minimum absolute atomic E-state index is 0.131. The molecular formula is C20H22ClFN4. The number of nitrogens with one attached hydrogen (secondary N) is 1. The quantitative estimate of drug-likeness (QED) is 0.678. The number of H-pyrrole nitrogens is 1. The Morgan fingerprint density at radius 2 is 1.96 bits per heavy atom. The molecule has 4 rings (SSSR count).